The van der Waals surface area contributed by atoms with Gasteiger partial charge in [-0.25, -0.2) is 12.8 Å². The smallest absolute Gasteiger partial charge is 0.263 e. The number of anilines is 2. The molecule has 1 aromatic heterocycles. The Kier molecular flexibility index (Phi) is 5.36. The number of sulfonamides is 1. The van der Waals surface area contributed by atoms with Gasteiger partial charge in [0.2, 0.25) is 0 Å². The number of benzene rings is 2. The first-order chi connectivity index (χ1) is 12.8. The fraction of sp³-hybridized carbons (Fsp3) is 0.158. The molecule has 0 bridgehead atoms. The minimum absolute atomic E-state index is 0.0187. The molecule has 0 aliphatic carbocycles. The largest absolute Gasteiger partial charge is 0.362 e. The molecule has 8 heteroatoms. The minimum Gasteiger partial charge on any atom is -0.362 e. The number of hydrogen-bond donors (Lipinski definition) is 2. The molecule has 0 saturated carbocycles. The van der Waals surface area contributed by atoms with E-state index < -0.39 is 15.8 Å². The summed E-state index contributed by atoms with van der Waals surface area (Å²) in [6.45, 7) is 3.49. The van der Waals surface area contributed by atoms with Crippen molar-refractivity contribution in [3.63, 3.8) is 0 Å². The molecular formula is C19H19FN4O2S. The molecule has 2 N–H and O–H groups in total. The summed E-state index contributed by atoms with van der Waals surface area (Å²) in [7, 11) is -3.87. The summed E-state index contributed by atoms with van der Waals surface area (Å²) in [6.07, 6.45) is 0. The van der Waals surface area contributed by atoms with Crippen LogP contribution in [0.3, 0.4) is 0 Å². The molecule has 0 radical (unpaired) electrons. The lowest BCUT2D eigenvalue weighted by molar-refractivity contribution is 0.598. The topological polar surface area (TPSA) is 84.0 Å². The fourth-order valence-electron chi connectivity index (χ4n) is 2.49. The van der Waals surface area contributed by atoms with Crippen molar-refractivity contribution in [2.24, 2.45) is 0 Å². The minimum atomic E-state index is -3.87. The van der Waals surface area contributed by atoms with Gasteiger partial charge in [-0.3, -0.25) is 4.72 Å². The van der Waals surface area contributed by atoms with E-state index in [2.05, 4.69) is 20.2 Å². The highest BCUT2D eigenvalue weighted by atomic mass is 32.2. The monoisotopic (exact) mass is 386 g/mol. The van der Waals surface area contributed by atoms with Gasteiger partial charge in [0.1, 0.15) is 11.6 Å². The van der Waals surface area contributed by atoms with Gasteiger partial charge >= 0.3 is 0 Å². The molecule has 0 amide bonds. The van der Waals surface area contributed by atoms with E-state index in [-0.39, 0.29) is 22.3 Å². The van der Waals surface area contributed by atoms with Crippen LogP contribution < -0.4 is 10.0 Å². The van der Waals surface area contributed by atoms with Crippen LogP contribution in [0, 0.1) is 12.7 Å². The molecule has 0 saturated heterocycles. The first-order valence-corrected chi connectivity index (χ1v) is 9.78. The molecule has 3 rings (SSSR count). The highest BCUT2D eigenvalue weighted by Gasteiger charge is 2.16. The zero-order valence-corrected chi connectivity index (χ0v) is 15.7. The number of nitrogens with zero attached hydrogens (tertiary/aromatic N) is 2. The number of rotatable bonds is 6. The fourth-order valence-corrected chi connectivity index (χ4v) is 3.57. The summed E-state index contributed by atoms with van der Waals surface area (Å²) >= 11 is 0. The Hall–Kier alpha value is -3.00. The van der Waals surface area contributed by atoms with E-state index in [1.807, 2.05) is 37.3 Å². The molecule has 3 aromatic rings. The van der Waals surface area contributed by atoms with E-state index in [9.17, 15) is 12.8 Å². The van der Waals surface area contributed by atoms with Crippen molar-refractivity contribution in [2.75, 3.05) is 10.0 Å². The molecule has 2 aromatic carbocycles. The van der Waals surface area contributed by atoms with Gasteiger partial charge < -0.3 is 5.32 Å². The Balaban J connectivity index is 1.70. The van der Waals surface area contributed by atoms with E-state index in [4.69, 9.17) is 0 Å². The Morgan fingerprint density at radius 3 is 2.26 bits per heavy atom. The molecule has 0 aliphatic heterocycles. The van der Waals surface area contributed by atoms with Crippen molar-refractivity contribution in [3.8, 4) is 0 Å². The average Bonchev–Trinajstić information content (AvgIpc) is 2.66. The third-order valence-corrected chi connectivity index (χ3v) is 5.36. The SMILES string of the molecule is Cc1cc(S(=O)(=O)Nc2ccc(NC(C)c3ccccc3)nn2)ccc1F. The van der Waals surface area contributed by atoms with Crippen LogP contribution in [0.1, 0.15) is 24.1 Å². The summed E-state index contributed by atoms with van der Waals surface area (Å²) in [5.41, 5.74) is 1.34. The van der Waals surface area contributed by atoms with Crippen molar-refractivity contribution in [2.45, 2.75) is 24.8 Å². The van der Waals surface area contributed by atoms with Crippen molar-refractivity contribution in [3.05, 3.63) is 77.6 Å². The van der Waals surface area contributed by atoms with Crippen LogP contribution in [0.2, 0.25) is 0 Å². The zero-order chi connectivity index (χ0) is 19.4. The molecule has 0 fully saturated rings. The predicted octanol–water partition coefficient (Wildman–Crippen LogP) is 3.90. The van der Waals surface area contributed by atoms with Gasteiger partial charge in [-0.2, -0.15) is 0 Å². The van der Waals surface area contributed by atoms with E-state index in [0.717, 1.165) is 11.6 Å². The first-order valence-electron chi connectivity index (χ1n) is 8.29. The maximum atomic E-state index is 13.3. The summed E-state index contributed by atoms with van der Waals surface area (Å²) in [5.74, 6) is 0.138. The van der Waals surface area contributed by atoms with Crippen molar-refractivity contribution >= 4 is 21.7 Å². The Morgan fingerprint density at radius 1 is 0.963 bits per heavy atom. The molecule has 27 heavy (non-hydrogen) atoms. The van der Waals surface area contributed by atoms with Gasteiger partial charge in [-0.15, -0.1) is 10.2 Å². The number of hydrogen-bond acceptors (Lipinski definition) is 5. The summed E-state index contributed by atoms with van der Waals surface area (Å²) < 4.78 is 40.5. The molecule has 140 valence electrons. The van der Waals surface area contributed by atoms with Gasteiger partial charge in [-0.1, -0.05) is 30.3 Å². The molecular weight excluding hydrogens is 367 g/mol. The average molecular weight is 386 g/mol. The highest BCUT2D eigenvalue weighted by molar-refractivity contribution is 7.92. The van der Waals surface area contributed by atoms with Gasteiger partial charge in [-0.05, 0) is 55.3 Å². The maximum absolute atomic E-state index is 13.3. The van der Waals surface area contributed by atoms with Gasteiger partial charge in [0.25, 0.3) is 10.0 Å². The number of halogens is 1. The van der Waals surface area contributed by atoms with E-state index in [0.29, 0.717) is 5.82 Å². The maximum Gasteiger partial charge on any atom is 0.263 e. The van der Waals surface area contributed by atoms with Crippen LogP contribution in [-0.4, -0.2) is 18.6 Å². The Bertz CT molecular complexity index is 1030. The summed E-state index contributed by atoms with van der Waals surface area (Å²) in [5, 5.41) is 11.1. The second-order valence-corrected chi connectivity index (χ2v) is 7.78. The first kappa shape index (κ1) is 18.8. The zero-order valence-electron chi connectivity index (χ0n) is 14.8. The van der Waals surface area contributed by atoms with Crippen LogP contribution in [0.25, 0.3) is 0 Å². The van der Waals surface area contributed by atoms with Gasteiger partial charge in [0.05, 0.1) is 4.90 Å². The third kappa shape index (κ3) is 4.59. The molecule has 1 unspecified atom stereocenters. The molecule has 0 spiro atoms. The second kappa shape index (κ2) is 7.71. The third-order valence-electron chi connectivity index (χ3n) is 4.01. The van der Waals surface area contributed by atoms with Crippen LogP contribution in [-0.2, 0) is 10.0 Å². The quantitative estimate of drug-likeness (QED) is 0.671. The lowest BCUT2D eigenvalue weighted by atomic mass is 10.1. The van der Waals surface area contributed by atoms with Crippen molar-refractivity contribution in [1.82, 2.24) is 10.2 Å². The standard InChI is InChI=1S/C19H19FN4O2S/c1-13-12-16(8-9-17(13)20)27(25,26)24-19-11-10-18(22-23-19)21-14(2)15-6-4-3-5-7-15/h3-12,14H,1-2H3,(H,21,22)(H,23,24). The van der Waals surface area contributed by atoms with Crippen molar-refractivity contribution in [1.29, 1.82) is 0 Å². The van der Waals surface area contributed by atoms with Crippen LogP contribution in [0.5, 0.6) is 0 Å². The lowest BCUT2D eigenvalue weighted by Crippen LogP contribution is -2.15. The van der Waals surface area contributed by atoms with Crippen LogP contribution >= 0.6 is 0 Å². The van der Waals surface area contributed by atoms with Crippen molar-refractivity contribution < 1.29 is 12.8 Å². The molecule has 1 atom stereocenters. The van der Waals surface area contributed by atoms with Gasteiger partial charge in [0, 0.05) is 6.04 Å². The van der Waals surface area contributed by atoms with Gasteiger partial charge in [0.15, 0.2) is 5.82 Å². The Labute approximate surface area is 157 Å². The van der Waals surface area contributed by atoms with E-state index in [1.165, 1.54) is 25.1 Å². The second-order valence-electron chi connectivity index (χ2n) is 6.10. The molecule has 6 nitrogen and oxygen atoms in total. The van der Waals surface area contributed by atoms with E-state index >= 15 is 0 Å². The van der Waals surface area contributed by atoms with Crippen LogP contribution in [0.4, 0.5) is 16.0 Å². The number of aromatic nitrogens is 2. The molecule has 1 heterocycles. The molecule has 0 aliphatic rings. The Morgan fingerprint density at radius 2 is 1.63 bits per heavy atom. The van der Waals surface area contributed by atoms with Crippen LogP contribution in [0.15, 0.2) is 65.6 Å². The lowest BCUT2D eigenvalue weighted by Gasteiger charge is -2.14. The number of aryl methyl sites for hydroxylation is 1. The predicted molar refractivity (Wildman–Crippen MR) is 102 cm³/mol. The normalized spacial score (nSPS) is 12.4. The van der Waals surface area contributed by atoms with E-state index in [1.54, 1.807) is 6.07 Å². The summed E-state index contributed by atoms with van der Waals surface area (Å²) in [6, 6.07) is 16.6. The highest BCUT2D eigenvalue weighted by Crippen LogP contribution is 2.20. The summed E-state index contributed by atoms with van der Waals surface area (Å²) in [4.78, 5) is -0.0388. The number of nitrogens with one attached hydrogen (secondary N) is 2.